The topological polar surface area (TPSA) is 50.3 Å². The van der Waals surface area contributed by atoms with Gasteiger partial charge in [-0.2, -0.15) is 5.10 Å². The van der Waals surface area contributed by atoms with Gasteiger partial charge in [-0.05, 0) is 40.8 Å². The van der Waals surface area contributed by atoms with Crippen LogP contribution in [-0.2, 0) is 0 Å². The maximum Gasteiger partial charge on any atom is 0.150 e. The Kier molecular flexibility index (Phi) is 3.76. The number of hydrogen-bond acceptors (Lipinski definition) is 4. The Morgan fingerprint density at radius 1 is 1.32 bits per heavy atom. The number of nitrogens with zero attached hydrogens (tertiary/aromatic N) is 4. The molecule has 0 saturated carbocycles. The molecule has 1 aromatic rings. The van der Waals surface area contributed by atoms with Crippen molar-refractivity contribution in [3.63, 3.8) is 0 Å². The lowest BCUT2D eigenvalue weighted by atomic mass is 10.1. The van der Waals surface area contributed by atoms with Crippen LogP contribution in [0.3, 0.4) is 0 Å². The van der Waals surface area contributed by atoms with Gasteiger partial charge in [0, 0.05) is 25.2 Å². The fourth-order valence-corrected chi connectivity index (χ4v) is 3.02. The first-order valence-electron chi connectivity index (χ1n) is 7.08. The Morgan fingerprint density at radius 3 is 2.42 bits per heavy atom. The van der Waals surface area contributed by atoms with Gasteiger partial charge in [-0.15, -0.1) is 0 Å². The third-order valence-corrected chi connectivity index (χ3v) is 4.13. The fraction of sp³-hybridized carbons (Fsp3) is 0.786. The molecule has 19 heavy (non-hydrogen) atoms. The average molecular weight is 265 g/mol. The van der Waals surface area contributed by atoms with E-state index in [2.05, 4.69) is 54.4 Å². The number of rotatable bonds is 3. The second-order valence-corrected chi connectivity index (χ2v) is 6.27. The van der Waals surface area contributed by atoms with Crippen molar-refractivity contribution in [1.82, 2.24) is 14.7 Å². The molecule has 1 aromatic heterocycles. The molecular formula is C14H27N5. The lowest BCUT2D eigenvalue weighted by molar-refractivity contribution is 0.266. The van der Waals surface area contributed by atoms with E-state index in [0.29, 0.717) is 18.0 Å². The van der Waals surface area contributed by atoms with Crippen LogP contribution in [0, 0.1) is 12.8 Å². The standard InChI is InChI=1S/C14H27N5/c1-9(2)19-14(13(15)11(4)16-19)18-7-10(3)12(8-18)17(5)6/h9-10,12H,7-8,15H2,1-6H3. The van der Waals surface area contributed by atoms with Gasteiger partial charge in [0.25, 0.3) is 0 Å². The van der Waals surface area contributed by atoms with Crippen molar-refractivity contribution in [2.75, 3.05) is 37.8 Å². The van der Waals surface area contributed by atoms with E-state index < -0.39 is 0 Å². The van der Waals surface area contributed by atoms with Crippen molar-refractivity contribution in [1.29, 1.82) is 0 Å². The van der Waals surface area contributed by atoms with Gasteiger partial charge in [0.15, 0.2) is 5.82 Å². The van der Waals surface area contributed by atoms with E-state index >= 15 is 0 Å². The van der Waals surface area contributed by atoms with E-state index in [1.807, 2.05) is 6.92 Å². The summed E-state index contributed by atoms with van der Waals surface area (Å²) in [6.07, 6.45) is 0. The van der Waals surface area contributed by atoms with E-state index in [-0.39, 0.29) is 0 Å². The number of hydrogen-bond donors (Lipinski definition) is 1. The molecule has 0 bridgehead atoms. The Morgan fingerprint density at radius 2 is 1.95 bits per heavy atom. The second-order valence-electron chi connectivity index (χ2n) is 6.27. The lowest BCUT2D eigenvalue weighted by Crippen LogP contribution is -2.34. The van der Waals surface area contributed by atoms with Crippen LogP contribution >= 0.6 is 0 Å². The fourth-order valence-electron chi connectivity index (χ4n) is 3.02. The summed E-state index contributed by atoms with van der Waals surface area (Å²) in [4.78, 5) is 4.70. The highest BCUT2D eigenvalue weighted by Crippen LogP contribution is 2.33. The first kappa shape index (κ1) is 14.2. The normalized spacial score (nSPS) is 23.9. The lowest BCUT2D eigenvalue weighted by Gasteiger charge is -2.24. The number of nitrogens with two attached hydrogens (primary N) is 1. The first-order chi connectivity index (χ1) is 8.82. The summed E-state index contributed by atoms with van der Waals surface area (Å²) >= 11 is 0. The molecule has 2 unspecified atom stereocenters. The SMILES string of the molecule is Cc1nn(C(C)C)c(N2CC(C)C(N(C)C)C2)c1N. The number of likely N-dealkylation sites (N-methyl/N-ethyl adjacent to an activating group) is 1. The van der Waals surface area contributed by atoms with E-state index in [1.165, 1.54) is 0 Å². The van der Waals surface area contributed by atoms with Gasteiger partial charge in [0.1, 0.15) is 0 Å². The molecule has 0 aromatic carbocycles. The minimum absolute atomic E-state index is 0.333. The van der Waals surface area contributed by atoms with Crippen molar-refractivity contribution in [2.24, 2.45) is 5.92 Å². The molecule has 1 aliphatic rings. The van der Waals surface area contributed by atoms with Crippen LogP contribution in [0.25, 0.3) is 0 Å². The summed E-state index contributed by atoms with van der Waals surface area (Å²) in [6.45, 7) is 10.7. The van der Waals surface area contributed by atoms with Gasteiger partial charge in [-0.3, -0.25) is 0 Å². The molecule has 0 aliphatic carbocycles. The molecule has 2 N–H and O–H groups in total. The minimum atomic E-state index is 0.333. The molecule has 1 saturated heterocycles. The quantitative estimate of drug-likeness (QED) is 0.904. The summed E-state index contributed by atoms with van der Waals surface area (Å²) in [5, 5.41) is 4.59. The molecule has 1 aliphatic heterocycles. The van der Waals surface area contributed by atoms with Gasteiger partial charge in [0.2, 0.25) is 0 Å². The monoisotopic (exact) mass is 265 g/mol. The zero-order valence-corrected chi connectivity index (χ0v) is 13.0. The highest BCUT2D eigenvalue weighted by molar-refractivity contribution is 5.67. The zero-order chi connectivity index (χ0) is 14.3. The van der Waals surface area contributed by atoms with E-state index in [1.54, 1.807) is 0 Å². The predicted octanol–water partition coefficient (Wildman–Crippen LogP) is 1.74. The van der Waals surface area contributed by atoms with Crippen molar-refractivity contribution >= 4 is 11.5 Å². The summed E-state index contributed by atoms with van der Waals surface area (Å²) < 4.78 is 2.06. The largest absolute Gasteiger partial charge is 0.394 e. The molecule has 0 spiro atoms. The van der Waals surface area contributed by atoms with Gasteiger partial charge >= 0.3 is 0 Å². The Balaban J connectivity index is 2.33. The molecule has 108 valence electrons. The average Bonchev–Trinajstić information content (AvgIpc) is 2.81. The molecule has 5 nitrogen and oxygen atoms in total. The molecule has 2 rings (SSSR count). The highest BCUT2D eigenvalue weighted by atomic mass is 15.4. The maximum absolute atomic E-state index is 6.25. The van der Waals surface area contributed by atoms with Gasteiger partial charge in [-0.25, -0.2) is 4.68 Å². The maximum atomic E-state index is 6.25. The molecule has 0 amide bonds. The van der Waals surface area contributed by atoms with Crippen LogP contribution in [-0.4, -0.2) is 47.9 Å². The predicted molar refractivity (Wildman–Crippen MR) is 80.6 cm³/mol. The van der Waals surface area contributed by atoms with Crippen LogP contribution in [0.5, 0.6) is 0 Å². The molecule has 0 radical (unpaired) electrons. The Labute approximate surface area is 116 Å². The second kappa shape index (κ2) is 5.04. The Hall–Kier alpha value is -1.23. The van der Waals surface area contributed by atoms with E-state index in [9.17, 15) is 0 Å². The number of anilines is 2. The zero-order valence-electron chi connectivity index (χ0n) is 13.0. The summed E-state index contributed by atoms with van der Waals surface area (Å²) in [7, 11) is 4.30. The van der Waals surface area contributed by atoms with Crippen molar-refractivity contribution < 1.29 is 0 Å². The summed E-state index contributed by atoms with van der Waals surface area (Å²) in [5.41, 5.74) is 8.02. The third kappa shape index (κ3) is 2.43. The minimum Gasteiger partial charge on any atom is -0.394 e. The molecule has 2 heterocycles. The first-order valence-corrected chi connectivity index (χ1v) is 7.08. The molecule has 5 heteroatoms. The third-order valence-electron chi connectivity index (χ3n) is 4.13. The number of aromatic nitrogens is 2. The van der Waals surface area contributed by atoms with Crippen LogP contribution in [0.1, 0.15) is 32.5 Å². The van der Waals surface area contributed by atoms with Crippen LogP contribution in [0.15, 0.2) is 0 Å². The van der Waals surface area contributed by atoms with Crippen molar-refractivity contribution in [2.45, 2.75) is 39.8 Å². The number of nitrogen functional groups attached to an aromatic ring is 1. The van der Waals surface area contributed by atoms with E-state index in [0.717, 1.165) is 30.3 Å². The van der Waals surface area contributed by atoms with Crippen LogP contribution in [0.4, 0.5) is 11.5 Å². The highest BCUT2D eigenvalue weighted by Gasteiger charge is 2.34. The van der Waals surface area contributed by atoms with Gasteiger partial charge in [0.05, 0.1) is 11.4 Å². The Bertz CT molecular complexity index is 449. The van der Waals surface area contributed by atoms with Crippen molar-refractivity contribution in [3.8, 4) is 0 Å². The van der Waals surface area contributed by atoms with Crippen molar-refractivity contribution in [3.05, 3.63) is 5.69 Å². The summed E-state index contributed by atoms with van der Waals surface area (Å²) in [5.74, 6) is 1.74. The van der Waals surface area contributed by atoms with E-state index in [4.69, 9.17) is 5.73 Å². The smallest absolute Gasteiger partial charge is 0.150 e. The molecule has 2 atom stereocenters. The molecule has 1 fully saturated rings. The van der Waals surface area contributed by atoms with Gasteiger partial charge in [-0.1, -0.05) is 6.92 Å². The van der Waals surface area contributed by atoms with Gasteiger partial charge < -0.3 is 15.5 Å². The number of aryl methyl sites for hydroxylation is 1. The molecular weight excluding hydrogens is 238 g/mol. The summed E-state index contributed by atoms with van der Waals surface area (Å²) in [6, 6.07) is 0.912. The van der Waals surface area contributed by atoms with Crippen LogP contribution in [0.2, 0.25) is 0 Å². The van der Waals surface area contributed by atoms with Crippen LogP contribution < -0.4 is 10.6 Å².